The molecule has 3 rings (SSSR count). The van der Waals surface area contributed by atoms with Crippen molar-refractivity contribution in [1.82, 2.24) is 4.98 Å². The van der Waals surface area contributed by atoms with E-state index < -0.39 is 17.7 Å². The zero-order chi connectivity index (χ0) is 22.0. The van der Waals surface area contributed by atoms with Crippen LogP contribution in [0.2, 0.25) is 0 Å². The number of alkyl halides is 2. The van der Waals surface area contributed by atoms with Crippen molar-refractivity contribution in [3.63, 3.8) is 0 Å². The first-order chi connectivity index (χ1) is 14.3. The summed E-state index contributed by atoms with van der Waals surface area (Å²) in [5.41, 5.74) is 5.81. The van der Waals surface area contributed by atoms with Gasteiger partial charge < -0.3 is 10.2 Å². The van der Waals surface area contributed by atoms with Crippen molar-refractivity contribution >= 4 is 11.7 Å². The summed E-state index contributed by atoms with van der Waals surface area (Å²) in [4.78, 5) is 25.7. The van der Waals surface area contributed by atoms with E-state index in [4.69, 9.17) is 10.2 Å². The van der Waals surface area contributed by atoms with Crippen LogP contribution in [0.5, 0.6) is 0 Å². The molecule has 7 heteroatoms. The van der Waals surface area contributed by atoms with Crippen LogP contribution in [0.15, 0.2) is 40.9 Å². The number of aryl methyl sites for hydroxylation is 1. The van der Waals surface area contributed by atoms with Crippen LogP contribution in [-0.2, 0) is 16.0 Å². The van der Waals surface area contributed by atoms with E-state index in [0.717, 1.165) is 55.7 Å². The van der Waals surface area contributed by atoms with Crippen LogP contribution in [0, 0.1) is 5.92 Å². The summed E-state index contributed by atoms with van der Waals surface area (Å²) in [5.74, 6) is -1.81. The van der Waals surface area contributed by atoms with Crippen LogP contribution in [0.3, 0.4) is 0 Å². The number of halogens is 2. The van der Waals surface area contributed by atoms with Crippen molar-refractivity contribution in [3.05, 3.63) is 42.4 Å². The minimum atomic E-state index is -2.63. The molecule has 5 nitrogen and oxygen atoms in total. The molecule has 1 aliphatic carbocycles. The van der Waals surface area contributed by atoms with Crippen LogP contribution >= 0.6 is 0 Å². The summed E-state index contributed by atoms with van der Waals surface area (Å²) in [6.45, 7) is 1.93. The van der Waals surface area contributed by atoms with Crippen LogP contribution in [0.1, 0.15) is 65.6 Å². The lowest BCUT2D eigenvalue weighted by molar-refractivity contribution is -0.147. The number of hydrogen-bond donors (Lipinski definition) is 1. The van der Waals surface area contributed by atoms with Crippen molar-refractivity contribution < 1.29 is 24.2 Å². The first kappa shape index (κ1) is 23.7. The number of aromatic nitrogens is 1. The van der Waals surface area contributed by atoms with Gasteiger partial charge in [-0.1, -0.05) is 50.1 Å². The van der Waals surface area contributed by atoms with Gasteiger partial charge in [-0.15, -0.1) is 0 Å². The molecule has 30 heavy (non-hydrogen) atoms. The van der Waals surface area contributed by atoms with Crippen molar-refractivity contribution in [2.75, 3.05) is 0 Å². The number of carbonyl (C=O) groups excluding carboxylic acids is 2. The quantitative estimate of drug-likeness (QED) is 0.507. The summed E-state index contributed by atoms with van der Waals surface area (Å²) in [7, 11) is 0. The monoisotopic (exact) mass is 422 g/mol. The maximum atomic E-state index is 11.9. The Morgan fingerprint density at radius 2 is 1.83 bits per heavy atom. The van der Waals surface area contributed by atoms with Crippen LogP contribution in [0.25, 0.3) is 11.3 Å². The van der Waals surface area contributed by atoms with Crippen molar-refractivity contribution in [2.45, 2.75) is 70.6 Å². The maximum Gasteiger partial charge on any atom is 0.249 e. The van der Waals surface area contributed by atoms with E-state index in [1.807, 2.05) is 37.3 Å². The molecule has 1 saturated carbocycles. The molecule has 0 atom stereocenters. The highest BCUT2D eigenvalue weighted by molar-refractivity contribution is 5.78. The third-order valence-corrected chi connectivity index (χ3v) is 5.09. The van der Waals surface area contributed by atoms with Gasteiger partial charge in [0.1, 0.15) is 5.78 Å². The first-order valence-electron chi connectivity index (χ1n) is 10.5. The number of carbonyl (C=O) groups is 2. The average molecular weight is 423 g/mol. The topological polar surface area (TPSA) is 86.2 Å². The Kier molecular flexibility index (Phi) is 9.15. The van der Waals surface area contributed by atoms with E-state index in [1.54, 1.807) is 6.20 Å². The van der Waals surface area contributed by atoms with E-state index in [1.165, 1.54) is 0 Å². The summed E-state index contributed by atoms with van der Waals surface area (Å²) in [6, 6.07) is 10.0. The van der Waals surface area contributed by atoms with Gasteiger partial charge in [-0.05, 0) is 12.8 Å². The second-order valence-electron chi connectivity index (χ2n) is 7.65. The van der Waals surface area contributed by atoms with Gasteiger partial charge in [0.25, 0.3) is 0 Å². The smallest absolute Gasteiger partial charge is 0.249 e. The lowest BCUT2D eigenvalue weighted by Gasteiger charge is -2.32. The molecule has 1 aliphatic rings. The molecular formula is C23H32F2N2O3. The normalized spacial score (nSPS) is 15.0. The van der Waals surface area contributed by atoms with Gasteiger partial charge in [0, 0.05) is 45.0 Å². The van der Waals surface area contributed by atoms with Gasteiger partial charge in [0.2, 0.25) is 11.8 Å². The Morgan fingerprint density at radius 3 is 2.40 bits per heavy atom. The van der Waals surface area contributed by atoms with Gasteiger partial charge in [0.05, 0.1) is 6.20 Å². The lowest BCUT2D eigenvalue weighted by atomic mass is 9.81. The third-order valence-electron chi connectivity index (χ3n) is 5.09. The second kappa shape index (κ2) is 11.6. The number of hydrogen-bond acceptors (Lipinski definition) is 4. The van der Waals surface area contributed by atoms with Crippen molar-refractivity contribution in [3.8, 4) is 11.3 Å². The molecule has 1 fully saturated rings. The molecule has 1 heterocycles. The highest BCUT2D eigenvalue weighted by atomic mass is 19.3. The number of oxazole rings is 1. The number of primary amides is 1. The maximum absolute atomic E-state index is 11.9. The molecule has 0 radical (unpaired) electrons. The number of rotatable bonds is 10. The van der Waals surface area contributed by atoms with E-state index in [-0.39, 0.29) is 14.3 Å². The van der Waals surface area contributed by atoms with E-state index in [9.17, 15) is 18.4 Å². The van der Waals surface area contributed by atoms with Gasteiger partial charge in [-0.3, -0.25) is 9.59 Å². The summed E-state index contributed by atoms with van der Waals surface area (Å²) in [6.07, 6.45) is 7.65. The number of benzene rings is 1. The number of nitrogens with zero attached hydrogens (tertiary/aromatic N) is 1. The zero-order valence-electron chi connectivity index (χ0n) is 17.4. The molecule has 2 aromatic rings. The Morgan fingerprint density at radius 1 is 1.17 bits per heavy atom. The number of nitrogens with two attached hydrogens (primary N) is 1. The third kappa shape index (κ3) is 8.05. The molecule has 1 aromatic carbocycles. The van der Waals surface area contributed by atoms with E-state index >= 15 is 0 Å². The summed E-state index contributed by atoms with van der Waals surface area (Å²) < 4.78 is 29.6. The SMILES string of the molecule is CCC(=O)CCCCCCc1ncc(-c2ccccc2)o1.NC(=O)C1CC(F)(F)C1.[HH]. The molecule has 0 saturated heterocycles. The Labute approximate surface area is 177 Å². The Hall–Kier alpha value is -2.57. The predicted molar refractivity (Wildman–Crippen MR) is 113 cm³/mol. The molecule has 166 valence electrons. The molecule has 0 aliphatic heterocycles. The zero-order valence-corrected chi connectivity index (χ0v) is 17.4. The minimum absolute atomic E-state index is 0. The van der Waals surface area contributed by atoms with Crippen LogP contribution < -0.4 is 5.73 Å². The van der Waals surface area contributed by atoms with Crippen LogP contribution in [-0.4, -0.2) is 22.6 Å². The second-order valence-corrected chi connectivity index (χ2v) is 7.65. The first-order valence-corrected chi connectivity index (χ1v) is 10.5. The molecule has 0 bridgehead atoms. The van der Waals surface area contributed by atoms with Gasteiger partial charge in [-0.2, -0.15) is 0 Å². The highest BCUT2D eigenvalue weighted by Gasteiger charge is 2.47. The largest absolute Gasteiger partial charge is 0.441 e. The Bertz CT molecular complexity index is 804. The van der Waals surface area contributed by atoms with Gasteiger partial charge in [0.15, 0.2) is 11.7 Å². The van der Waals surface area contributed by atoms with Gasteiger partial charge in [-0.25, -0.2) is 13.8 Å². The van der Waals surface area contributed by atoms with Gasteiger partial charge >= 0.3 is 0 Å². The number of unbranched alkanes of at least 4 members (excludes halogenated alkanes) is 3. The minimum Gasteiger partial charge on any atom is -0.441 e. The molecule has 1 amide bonds. The molecule has 1 aromatic heterocycles. The number of Topliss-reactive ketones (excluding diaryl/α,β-unsaturated/α-hetero) is 1. The van der Waals surface area contributed by atoms with E-state index in [0.29, 0.717) is 12.2 Å². The van der Waals surface area contributed by atoms with Crippen molar-refractivity contribution in [2.24, 2.45) is 11.7 Å². The summed E-state index contributed by atoms with van der Waals surface area (Å²) in [5, 5.41) is 0. The standard InChI is InChI=1S/C18H23NO2.C5H7F2NO.H2/c1-2-16(20)12-8-3-4-9-13-18-19-14-17(21-18)15-10-6-5-7-11-15;6-5(7)1-3(2-5)4(8)9;/h5-7,10-11,14H,2-4,8-9,12-13H2,1H3;3H,1-2H2,(H2,8,9);1H. The molecule has 0 unspecified atom stereocenters. The van der Waals surface area contributed by atoms with E-state index in [2.05, 4.69) is 4.98 Å². The van der Waals surface area contributed by atoms with Crippen molar-refractivity contribution in [1.29, 1.82) is 0 Å². The molecular weight excluding hydrogens is 390 g/mol. The lowest BCUT2D eigenvalue weighted by Crippen LogP contribution is -2.42. The highest BCUT2D eigenvalue weighted by Crippen LogP contribution is 2.41. The fourth-order valence-electron chi connectivity index (χ4n) is 3.15. The summed E-state index contributed by atoms with van der Waals surface area (Å²) >= 11 is 0. The fourth-order valence-corrected chi connectivity index (χ4v) is 3.15. The molecule has 0 spiro atoms. The molecule has 2 N–H and O–H groups in total. The fraction of sp³-hybridized carbons (Fsp3) is 0.522. The average Bonchev–Trinajstić information content (AvgIpc) is 3.18. The predicted octanol–water partition coefficient (Wildman–Crippen LogP) is 5.58. The number of amides is 1. The Balaban J connectivity index is 0.000000404. The number of ketones is 1. The van der Waals surface area contributed by atoms with Crippen LogP contribution in [0.4, 0.5) is 8.78 Å².